The molecule has 1 aliphatic heterocycles. The summed E-state index contributed by atoms with van der Waals surface area (Å²) in [5, 5.41) is 0. The number of nitrogens with zero attached hydrogens (tertiary/aromatic N) is 1. The van der Waals surface area contributed by atoms with Gasteiger partial charge in [-0.2, -0.15) is 4.72 Å². The topological polar surface area (TPSA) is 92.8 Å². The van der Waals surface area contributed by atoms with Crippen LogP contribution in [-0.2, 0) is 30.8 Å². The standard InChI is InChI=1S/C23H28N2O5S/c1-16(2)21(24-31(28,29)19-12-5-4-6-13-19)23(27)30-17(3)22(26)25-15-9-11-18-10-7-8-14-20(18)25/h4-8,10,12-14,16-17,21,24H,9,11,15H2,1-3H3. The first kappa shape index (κ1) is 23.0. The summed E-state index contributed by atoms with van der Waals surface area (Å²) in [6, 6.07) is 14.4. The molecule has 8 heteroatoms. The molecule has 1 heterocycles. The number of sulfonamides is 1. The van der Waals surface area contributed by atoms with Gasteiger partial charge in [-0.25, -0.2) is 8.42 Å². The molecule has 0 fully saturated rings. The molecule has 0 aromatic heterocycles. The summed E-state index contributed by atoms with van der Waals surface area (Å²) in [7, 11) is -3.91. The number of hydrogen-bond donors (Lipinski definition) is 1. The SMILES string of the molecule is CC(OC(=O)C(NS(=O)(=O)c1ccccc1)C(C)C)C(=O)N1CCCc2ccccc21. The average Bonchev–Trinajstić information content (AvgIpc) is 2.77. The molecule has 0 bridgehead atoms. The van der Waals surface area contributed by atoms with Crippen molar-refractivity contribution in [3.05, 3.63) is 60.2 Å². The Hall–Kier alpha value is -2.71. The van der Waals surface area contributed by atoms with Crippen LogP contribution in [0.3, 0.4) is 0 Å². The normalized spacial score (nSPS) is 15.8. The number of amides is 1. The van der Waals surface area contributed by atoms with Gasteiger partial charge in [0.15, 0.2) is 6.10 Å². The van der Waals surface area contributed by atoms with Crippen LogP contribution in [0, 0.1) is 5.92 Å². The molecule has 1 amide bonds. The summed E-state index contributed by atoms with van der Waals surface area (Å²) >= 11 is 0. The summed E-state index contributed by atoms with van der Waals surface area (Å²) < 4.78 is 33.2. The Morgan fingerprint density at radius 1 is 1.00 bits per heavy atom. The molecule has 2 aromatic rings. The molecule has 1 aliphatic rings. The monoisotopic (exact) mass is 444 g/mol. The summed E-state index contributed by atoms with van der Waals surface area (Å²) in [5.74, 6) is -1.47. The Kier molecular flexibility index (Phi) is 7.12. The van der Waals surface area contributed by atoms with Gasteiger partial charge in [-0.05, 0) is 49.4 Å². The fraction of sp³-hybridized carbons (Fsp3) is 0.391. The van der Waals surface area contributed by atoms with E-state index in [1.807, 2.05) is 24.3 Å². The molecule has 2 atom stereocenters. The molecule has 0 spiro atoms. The van der Waals surface area contributed by atoms with Crippen LogP contribution in [0.5, 0.6) is 0 Å². The highest BCUT2D eigenvalue weighted by Crippen LogP contribution is 2.27. The largest absolute Gasteiger partial charge is 0.451 e. The first-order chi connectivity index (χ1) is 14.7. The highest BCUT2D eigenvalue weighted by Gasteiger charge is 2.34. The van der Waals surface area contributed by atoms with Crippen molar-refractivity contribution in [3.8, 4) is 0 Å². The van der Waals surface area contributed by atoms with Gasteiger partial charge in [0.25, 0.3) is 5.91 Å². The van der Waals surface area contributed by atoms with E-state index in [2.05, 4.69) is 4.72 Å². The zero-order valence-corrected chi connectivity index (χ0v) is 18.8. The van der Waals surface area contributed by atoms with Crippen molar-refractivity contribution < 1.29 is 22.7 Å². The van der Waals surface area contributed by atoms with E-state index in [0.29, 0.717) is 6.54 Å². The molecule has 0 radical (unpaired) electrons. The number of aryl methyl sites for hydroxylation is 1. The first-order valence-electron chi connectivity index (χ1n) is 10.4. The lowest BCUT2D eigenvalue weighted by Crippen LogP contribution is -2.48. The van der Waals surface area contributed by atoms with Crippen LogP contribution >= 0.6 is 0 Å². The van der Waals surface area contributed by atoms with Crippen LogP contribution in [0.4, 0.5) is 5.69 Å². The Morgan fingerprint density at radius 2 is 1.65 bits per heavy atom. The molecule has 3 rings (SSSR count). The van der Waals surface area contributed by atoms with Crippen molar-refractivity contribution in [2.75, 3.05) is 11.4 Å². The minimum absolute atomic E-state index is 0.0579. The molecule has 0 saturated carbocycles. The number of carbonyl (C=O) groups excluding carboxylic acids is 2. The van der Waals surface area contributed by atoms with Crippen LogP contribution in [0.2, 0.25) is 0 Å². The van der Waals surface area contributed by atoms with E-state index in [1.54, 1.807) is 36.9 Å². The fourth-order valence-electron chi connectivity index (χ4n) is 3.57. The van der Waals surface area contributed by atoms with Crippen LogP contribution in [0.25, 0.3) is 0 Å². The second-order valence-corrected chi connectivity index (χ2v) is 9.67. The van der Waals surface area contributed by atoms with Crippen molar-refractivity contribution in [1.82, 2.24) is 4.72 Å². The van der Waals surface area contributed by atoms with Crippen molar-refractivity contribution in [3.63, 3.8) is 0 Å². The number of rotatable bonds is 7. The van der Waals surface area contributed by atoms with Crippen LogP contribution in [0.15, 0.2) is 59.5 Å². The predicted molar refractivity (Wildman–Crippen MR) is 118 cm³/mol. The molecule has 166 valence electrons. The van der Waals surface area contributed by atoms with E-state index in [0.717, 1.165) is 24.1 Å². The maximum atomic E-state index is 13.0. The lowest BCUT2D eigenvalue weighted by molar-refractivity contribution is -0.156. The van der Waals surface area contributed by atoms with Gasteiger partial charge in [-0.15, -0.1) is 0 Å². The van der Waals surface area contributed by atoms with Gasteiger partial charge < -0.3 is 9.64 Å². The van der Waals surface area contributed by atoms with Gasteiger partial charge in [-0.3, -0.25) is 9.59 Å². The third kappa shape index (κ3) is 5.32. The summed E-state index contributed by atoms with van der Waals surface area (Å²) in [5.41, 5.74) is 1.91. The fourth-order valence-corrected chi connectivity index (χ4v) is 4.93. The molecule has 0 saturated heterocycles. The number of ether oxygens (including phenoxy) is 1. The van der Waals surface area contributed by atoms with Crippen LogP contribution < -0.4 is 9.62 Å². The molecule has 0 aliphatic carbocycles. The van der Waals surface area contributed by atoms with Gasteiger partial charge in [0.2, 0.25) is 10.0 Å². The minimum atomic E-state index is -3.91. The van der Waals surface area contributed by atoms with Gasteiger partial charge in [0.1, 0.15) is 6.04 Å². The van der Waals surface area contributed by atoms with E-state index < -0.39 is 28.1 Å². The smallest absolute Gasteiger partial charge is 0.325 e. The molecule has 31 heavy (non-hydrogen) atoms. The zero-order chi connectivity index (χ0) is 22.6. The van der Waals surface area contributed by atoms with E-state index in [4.69, 9.17) is 4.74 Å². The Morgan fingerprint density at radius 3 is 2.32 bits per heavy atom. The zero-order valence-electron chi connectivity index (χ0n) is 17.9. The number of nitrogens with one attached hydrogen (secondary N) is 1. The van der Waals surface area contributed by atoms with E-state index in [1.165, 1.54) is 19.1 Å². The summed E-state index contributed by atoms with van der Waals surface area (Å²) in [4.78, 5) is 27.5. The van der Waals surface area contributed by atoms with Crippen LogP contribution in [0.1, 0.15) is 32.8 Å². The summed E-state index contributed by atoms with van der Waals surface area (Å²) in [6.45, 7) is 5.49. The second-order valence-electron chi connectivity index (χ2n) is 7.96. The van der Waals surface area contributed by atoms with Gasteiger partial charge in [0.05, 0.1) is 4.90 Å². The number of anilines is 1. The molecule has 7 nitrogen and oxygen atoms in total. The molecule has 1 N–H and O–H groups in total. The van der Waals surface area contributed by atoms with Crippen molar-refractivity contribution in [1.29, 1.82) is 0 Å². The Labute approximate surface area is 183 Å². The van der Waals surface area contributed by atoms with Crippen molar-refractivity contribution in [2.45, 2.75) is 50.7 Å². The number of hydrogen-bond acceptors (Lipinski definition) is 5. The Balaban J connectivity index is 1.72. The molecular formula is C23H28N2O5S. The van der Waals surface area contributed by atoms with Crippen LogP contribution in [-0.4, -0.2) is 39.0 Å². The number of benzene rings is 2. The molecular weight excluding hydrogens is 416 g/mol. The molecule has 2 aromatic carbocycles. The maximum absolute atomic E-state index is 13.0. The molecule has 2 unspecified atom stereocenters. The number of fused-ring (bicyclic) bond motifs is 1. The maximum Gasteiger partial charge on any atom is 0.325 e. The van der Waals surface area contributed by atoms with Gasteiger partial charge in [0, 0.05) is 12.2 Å². The van der Waals surface area contributed by atoms with E-state index in [-0.39, 0.29) is 16.7 Å². The lowest BCUT2D eigenvalue weighted by Gasteiger charge is -2.31. The Bertz CT molecular complexity index is 1040. The highest BCUT2D eigenvalue weighted by molar-refractivity contribution is 7.89. The summed E-state index contributed by atoms with van der Waals surface area (Å²) in [6.07, 6.45) is 0.681. The van der Waals surface area contributed by atoms with Gasteiger partial charge >= 0.3 is 5.97 Å². The number of carbonyl (C=O) groups is 2. The van der Waals surface area contributed by atoms with E-state index >= 15 is 0 Å². The van der Waals surface area contributed by atoms with Gasteiger partial charge in [-0.1, -0.05) is 50.2 Å². The third-order valence-electron chi connectivity index (χ3n) is 5.27. The van der Waals surface area contributed by atoms with Crippen molar-refractivity contribution in [2.24, 2.45) is 5.92 Å². The first-order valence-corrected chi connectivity index (χ1v) is 11.9. The number of para-hydroxylation sites is 1. The van der Waals surface area contributed by atoms with E-state index in [9.17, 15) is 18.0 Å². The number of esters is 1. The quantitative estimate of drug-likeness (QED) is 0.663. The van der Waals surface area contributed by atoms with Crippen molar-refractivity contribution >= 4 is 27.6 Å². The second kappa shape index (κ2) is 9.62. The lowest BCUT2D eigenvalue weighted by atomic mass is 10.0. The third-order valence-corrected chi connectivity index (χ3v) is 6.73. The average molecular weight is 445 g/mol. The highest BCUT2D eigenvalue weighted by atomic mass is 32.2. The predicted octanol–water partition coefficient (Wildman–Crippen LogP) is 2.90. The minimum Gasteiger partial charge on any atom is -0.451 e.